The zero-order chi connectivity index (χ0) is 11.3. The highest BCUT2D eigenvalue weighted by molar-refractivity contribution is 5.70. The van der Waals surface area contributed by atoms with Crippen LogP contribution in [0.4, 0.5) is 0 Å². The minimum Gasteiger partial charge on any atom is -0.466 e. The van der Waals surface area contributed by atoms with Crippen LogP contribution >= 0.6 is 0 Å². The molecule has 0 spiro atoms. The number of carbonyl (C=O) groups excluding carboxylic acids is 1. The lowest BCUT2D eigenvalue weighted by Gasteiger charge is -2.11. The second kappa shape index (κ2) is 5.51. The molecule has 3 heteroatoms. The summed E-state index contributed by atoms with van der Waals surface area (Å²) in [7, 11) is 0. The molecular weight excluding hydrogens is 190 g/mol. The molecule has 0 saturated carbocycles. The minimum absolute atomic E-state index is 0.233. The normalized spacial score (nSPS) is 12.2. The van der Waals surface area contributed by atoms with Crippen molar-refractivity contribution in [2.45, 2.75) is 26.3 Å². The van der Waals surface area contributed by atoms with Crippen LogP contribution in [0, 0.1) is 6.92 Å². The molecule has 15 heavy (non-hydrogen) atoms. The van der Waals surface area contributed by atoms with Gasteiger partial charge in [-0.15, -0.1) is 0 Å². The van der Waals surface area contributed by atoms with Crippen LogP contribution in [0.1, 0.15) is 30.5 Å². The number of hydrogen-bond donors (Lipinski definition) is 1. The maximum atomic E-state index is 11.2. The molecule has 0 saturated heterocycles. The second-order valence-corrected chi connectivity index (χ2v) is 3.53. The van der Waals surface area contributed by atoms with Crippen LogP contribution in [0.25, 0.3) is 0 Å². The largest absolute Gasteiger partial charge is 0.466 e. The van der Waals surface area contributed by atoms with Gasteiger partial charge in [-0.05, 0) is 19.4 Å². The topological polar surface area (TPSA) is 52.3 Å². The fourth-order valence-electron chi connectivity index (χ4n) is 1.42. The summed E-state index contributed by atoms with van der Waals surface area (Å²) in [5.41, 5.74) is 8.01. The van der Waals surface area contributed by atoms with Crippen LogP contribution < -0.4 is 5.73 Å². The Bertz CT molecular complexity index is 336. The zero-order valence-corrected chi connectivity index (χ0v) is 9.19. The van der Waals surface area contributed by atoms with Crippen molar-refractivity contribution >= 4 is 5.97 Å². The number of ether oxygens (including phenoxy) is 1. The van der Waals surface area contributed by atoms with Gasteiger partial charge in [0.2, 0.25) is 0 Å². The predicted molar refractivity (Wildman–Crippen MR) is 59.4 cm³/mol. The van der Waals surface area contributed by atoms with Crippen LogP contribution in [0.2, 0.25) is 0 Å². The minimum atomic E-state index is -0.274. The molecule has 0 aliphatic carbocycles. The zero-order valence-electron chi connectivity index (χ0n) is 9.19. The third kappa shape index (κ3) is 3.72. The molecule has 0 unspecified atom stereocenters. The number of aryl methyl sites for hydroxylation is 1. The summed E-state index contributed by atoms with van der Waals surface area (Å²) >= 11 is 0. The first-order valence-corrected chi connectivity index (χ1v) is 5.11. The molecule has 82 valence electrons. The van der Waals surface area contributed by atoms with Gasteiger partial charge >= 0.3 is 5.97 Å². The number of benzene rings is 1. The van der Waals surface area contributed by atoms with Gasteiger partial charge in [0.1, 0.15) is 0 Å². The average Bonchev–Trinajstić information content (AvgIpc) is 2.18. The molecule has 0 aromatic heterocycles. The SMILES string of the molecule is CCOC(=O)C[C@H](N)c1cccc(C)c1. The summed E-state index contributed by atoms with van der Waals surface area (Å²) in [6.07, 6.45) is 0.233. The molecule has 0 aliphatic rings. The maximum Gasteiger partial charge on any atom is 0.307 e. The van der Waals surface area contributed by atoms with Crippen molar-refractivity contribution in [1.82, 2.24) is 0 Å². The standard InChI is InChI=1S/C12H17NO2/c1-3-15-12(14)8-11(13)10-6-4-5-9(2)7-10/h4-7,11H,3,8,13H2,1-2H3/t11-/m0/s1. The van der Waals surface area contributed by atoms with Gasteiger partial charge in [-0.25, -0.2) is 0 Å². The molecule has 3 nitrogen and oxygen atoms in total. The first-order valence-electron chi connectivity index (χ1n) is 5.11. The molecule has 0 amide bonds. The van der Waals surface area contributed by atoms with E-state index in [0.717, 1.165) is 11.1 Å². The summed E-state index contributed by atoms with van der Waals surface area (Å²) in [5.74, 6) is -0.244. The molecule has 0 aliphatic heterocycles. The average molecular weight is 207 g/mol. The van der Waals surface area contributed by atoms with Gasteiger partial charge in [0, 0.05) is 6.04 Å². The highest BCUT2D eigenvalue weighted by Crippen LogP contribution is 2.15. The summed E-state index contributed by atoms with van der Waals surface area (Å²) < 4.78 is 4.85. The Labute approximate surface area is 90.2 Å². The Kier molecular flexibility index (Phi) is 4.31. The molecule has 1 aromatic carbocycles. The fourth-order valence-corrected chi connectivity index (χ4v) is 1.42. The molecule has 0 radical (unpaired) electrons. The van der Waals surface area contributed by atoms with E-state index in [1.165, 1.54) is 0 Å². The number of carbonyl (C=O) groups is 1. The highest BCUT2D eigenvalue weighted by atomic mass is 16.5. The van der Waals surface area contributed by atoms with Gasteiger partial charge in [-0.2, -0.15) is 0 Å². The van der Waals surface area contributed by atoms with E-state index in [1.807, 2.05) is 31.2 Å². The number of esters is 1. The lowest BCUT2D eigenvalue weighted by Crippen LogP contribution is -2.17. The Morgan fingerprint density at radius 2 is 2.27 bits per heavy atom. The quantitative estimate of drug-likeness (QED) is 0.768. The lowest BCUT2D eigenvalue weighted by molar-refractivity contribution is -0.143. The Balaban J connectivity index is 2.60. The molecule has 1 aromatic rings. The first kappa shape index (κ1) is 11.7. The smallest absolute Gasteiger partial charge is 0.307 e. The predicted octanol–water partition coefficient (Wildman–Crippen LogP) is 1.95. The van der Waals surface area contributed by atoms with Gasteiger partial charge in [-0.1, -0.05) is 29.8 Å². The highest BCUT2D eigenvalue weighted by Gasteiger charge is 2.12. The molecular formula is C12H17NO2. The second-order valence-electron chi connectivity index (χ2n) is 3.53. The van der Waals surface area contributed by atoms with E-state index in [9.17, 15) is 4.79 Å². The summed E-state index contributed by atoms with van der Waals surface area (Å²) in [6, 6.07) is 7.58. The molecule has 0 heterocycles. The van der Waals surface area contributed by atoms with Crippen molar-refractivity contribution in [3.8, 4) is 0 Å². The molecule has 1 rings (SSSR count). The van der Waals surface area contributed by atoms with Crippen LogP contribution in [-0.2, 0) is 9.53 Å². The van der Waals surface area contributed by atoms with E-state index in [-0.39, 0.29) is 18.4 Å². The van der Waals surface area contributed by atoms with Crippen molar-refractivity contribution in [2.24, 2.45) is 5.73 Å². The fraction of sp³-hybridized carbons (Fsp3) is 0.417. The van der Waals surface area contributed by atoms with E-state index < -0.39 is 0 Å². The van der Waals surface area contributed by atoms with E-state index in [0.29, 0.717) is 6.61 Å². The van der Waals surface area contributed by atoms with Gasteiger partial charge in [0.25, 0.3) is 0 Å². The maximum absolute atomic E-state index is 11.2. The third-order valence-electron chi connectivity index (χ3n) is 2.16. The Hall–Kier alpha value is -1.35. The number of nitrogens with two attached hydrogens (primary N) is 1. The van der Waals surface area contributed by atoms with Crippen molar-refractivity contribution in [3.05, 3.63) is 35.4 Å². The van der Waals surface area contributed by atoms with Gasteiger partial charge in [-0.3, -0.25) is 4.79 Å². The monoisotopic (exact) mass is 207 g/mol. The van der Waals surface area contributed by atoms with E-state index >= 15 is 0 Å². The van der Waals surface area contributed by atoms with Gasteiger partial charge in [0.15, 0.2) is 0 Å². The van der Waals surface area contributed by atoms with E-state index in [1.54, 1.807) is 6.92 Å². The van der Waals surface area contributed by atoms with Crippen molar-refractivity contribution in [2.75, 3.05) is 6.61 Å². The molecule has 1 atom stereocenters. The van der Waals surface area contributed by atoms with Crippen molar-refractivity contribution < 1.29 is 9.53 Å². The summed E-state index contributed by atoms with van der Waals surface area (Å²) in [5, 5.41) is 0. The van der Waals surface area contributed by atoms with Crippen LogP contribution in [0.5, 0.6) is 0 Å². The first-order chi connectivity index (χ1) is 7.13. The van der Waals surface area contributed by atoms with Gasteiger partial charge < -0.3 is 10.5 Å². The van der Waals surface area contributed by atoms with Crippen LogP contribution in [-0.4, -0.2) is 12.6 Å². The Morgan fingerprint density at radius 1 is 1.53 bits per heavy atom. The molecule has 0 bridgehead atoms. The number of hydrogen-bond acceptors (Lipinski definition) is 3. The third-order valence-corrected chi connectivity index (χ3v) is 2.16. The van der Waals surface area contributed by atoms with E-state index in [2.05, 4.69) is 0 Å². The number of rotatable bonds is 4. The van der Waals surface area contributed by atoms with E-state index in [4.69, 9.17) is 10.5 Å². The molecule has 0 fully saturated rings. The van der Waals surface area contributed by atoms with Gasteiger partial charge in [0.05, 0.1) is 13.0 Å². The Morgan fingerprint density at radius 3 is 2.87 bits per heavy atom. The van der Waals surface area contributed by atoms with Crippen molar-refractivity contribution in [3.63, 3.8) is 0 Å². The van der Waals surface area contributed by atoms with Crippen LogP contribution in [0.3, 0.4) is 0 Å². The summed E-state index contributed by atoms with van der Waals surface area (Å²) in [6.45, 7) is 4.19. The van der Waals surface area contributed by atoms with Crippen LogP contribution in [0.15, 0.2) is 24.3 Å². The van der Waals surface area contributed by atoms with Crippen molar-refractivity contribution in [1.29, 1.82) is 0 Å². The lowest BCUT2D eigenvalue weighted by atomic mass is 10.0. The molecule has 2 N–H and O–H groups in total. The summed E-state index contributed by atoms with van der Waals surface area (Å²) in [4.78, 5) is 11.2.